The zero-order valence-corrected chi connectivity index (χ0v) is 15.2. The maximum atomic E-state index is 11.2. The Hall–Kier alpha value is -2.44. The van der Waals surface area contributed by atoms with Crippen molar-refractivity contribution in [2.75, 3.05) is 6.54 Å². The molecule has 0 spiro atoms. The second kappa shape index (κ2) is 7.85. The molecule has 1 saturated heterocycles. The number of aromatic nitrogens is 1. The van der Waals surface area contributed by atoms with Gasteiger partial charge in [0.2, 0.25) is 0 Å². The van der Waals surface area contributed by atoms with Gasteiger partial charge in [-0.05, 0) is 49.9 Å². The van der Waals surface area contributed by atoms with Gasteiger partial charge >= 0.3 is 5.97 Å². The number of carbonyl (C=O) groups is 1. The van der Waals surface area contributed by atoms with Gasteiger partial charge in [-0.1, -0.05) is 24.3 Å². The van der Waals surface area contributed by atoms with Gasteiger partial charge in [-0.15, -0.1) is 0 Å². The highest BCUT2D eigenvalue weighted by atomic mass is 16.5. The lowest BCUT2D eigenvalue weighted by molar-refractivity contribution is -0.146. The second-order valence-corrected chi connectivity index (χ2v) is 7.30. The van der Waals surface area contributed by atoms with Gasteiger partial charge in [-0.2, -0.15) is 0 Å². The largest absolute Gasteiger partial charge is 0.487 e. The number of carboxylic acid groups (broad SMARTS) is 1. The fourth-order valence-electron chi connectivity index (χ4n) is 2.90. The van der Waals surface area contributed by atoms with E-state index in [1.54, 1.807) is 20.0 Å². The van der Waals surface area contributed by atoms with E-state index in [1.165, 1.54) is 0 Å². The standard InChI is InChI=1S/C20H25N3O3/c1-20(2,19(24)25)11-14-3-5-15(6-4-14)13-26-16-7-8-17(21-12-16)18-9-10-22-23-18/h3-8,12,18,22-23H,9-11,13H2,1-2H3,(H,24,25). The number of rotatable bonds is 7. The summed E-state index contributed by atoms with van der Waals surface area (Å²) in [7, 11) is 0. The van der Waals surface area contributed by atoms with Gasteiger partial charge in [0, 0.05) is 6.54 Å². The first-order chi connectivity index (χ1) is 12.4. The normalized spacial score (nSPS) is 17.2. The Bertz CT molecular complexity index is 736. The summed E-state index contributed by atoms with van der Waals surface area (Å²) >= 11 is 0. The molecule has 0 bridgehead atoms. The number of hydrazine groups is 1. The lowest BCUT2D eigenvalue weighted by Gasteiger charge is -2.19. The summed E-state index contributed by atoms with van der Waals surface area (Å²) < 4.78 is 5.80. The number of nitrogens with zero attached hydrogens (tertiary/aromatic N) is 1. The summed E-state index contributed by atoms with van der Waals surface area (Å²) in [6.45, 7) is 4.87. The molecule has 1 aliphatic heterocycles. The third kappa shape index (κ3) is 4.59. The van der Waals surface area contributed by atoms with Gasteiger partial charge in [0.25, 0.3) is 0 Å². The van der Waals surface area contributed by atoms with E-state index >= 15 is 0 Å². The van der Waals surface area contributed by atoms with Gasteiger partial charge in [-0.25, -0.2) is 5.43 Å². The minimum absolute atomic E-state index is 0.256. The molecule has 26 heavy (non-hydrogen) atoms. The molecule has 1 aromatic heterocycles. The first kappa shape index (κ1) is 18.4. The molecule has 0 saturated carbocycles. The maximum absolute atomic E-state index is 11.2. The van der Waals surface area contributed by atoms with E-state index in [1.807, 2.05) is 36.4 Å². The third-order valence-corrected chi connectivity index (χ3v) is 4.60. The summed E-state index contributed by atoms with van der Waals surface area (Å²) in [6, 6.07) is 12.1. The zero-order valence-electron chi connectivity index (χ0n) is 15.2. The number of benzene rings is 1. The van der Waals surface area contributed by atoms with Crippen molar-refractivity contribution in [1.82, 2.24) is 15.8 Å². The van der Waals surface area contributed by atoms with Crippen LogP contribution >= 0.6 is 0 Å². The zero-order chi connectivity index (χ0) is 18.6. The molecule has 0 radical (unpaired) electrons. The van der Waals surface area contributed by atoms with E-state index in [2.05, 4.69) is 15.8 Å². The van der Waals surface area contributed by atoms with Crippen LogP contribution in [0.25, 0.3) is 0 Å². The lowest BCUT2D eigenvalue weighted by Crippen LogP contribution is -2.26. The van der Waals surface area contributed by atoms with Crippen LogP contribution in [0.3, 0.4) is 0 Å². The predicted molar refractivity (Wildman–Crippen MR) is 98.6 cm³/mol. The Labute approximate surface area is 153 Å². The molecule has 2 heterocycles. The smallest absolute Gasteiger partial charge is 0.309 e. The van der Waals surface area contributed by atoms with Gasteiger partial charge < -0.3 is 9.84 Å². The van der Waals surface area contributed by atoms with Gasteiger partial charge in [0.15, 0.2) is 0 Å². The minimum atomic E-state index is -0.788. The Balaban J connectivity index is 1.54. The maximum Gasteiger partial charge on any atom is 0.309 e. The van der Waals surface area contributed by atoms with E-state index in [0.29, 0.717) is 13.0 Å². The molecule has 1 atom stereocenters. The average molecular weight is 355 g/mol. The fourth-order valence-corrected chi connectivity index (χ4v) is 2.90. The number of nitrogens with one attached hydrogen (secondary N) is 2. The number of pyridine rings is 1. The summed E-state index contributed by atoms with van der Waals surface area (Å²) in [6.07, 6.45) is 3.27. The van der Waals surface area contributed by atoms with Crippen LogP contribution in [0.4, 0.5) is 0 Å². The summed E-state index contributed by atoms with van der Waals surface area (Å²) in [5, 5.41) is 9.22. The van der Waals surface area contributed by atoms with Crippen molar-refractivity contribution >= 4 is 5.97 Å². The van der Waals surface area contributed by atoms with Crippen molar-refractivity contribution < 1.29 is 14.6 Å². The number of carboxylic acids is 1. The van der Waals surface area contributed by atoms with E-state index in [4.69, 9.17) is 4.74 Å². The molecule has 6 nitrogen and oxygen atoms in total. The predicted octanol–water partition coefficient (Wildman–Crippen LogP) is 2.85. The van der Waals surface area contributed by atoms with Crippen LogP contribution < -0.4 is 15.6 Å². The topological polar surface area (TPSA) is 83.5 Å². The van der Waals surface area contributed by atoms with Crippen LogP contribution in [0.2, 0.25) is 0 Å². The number of ether oxygens (including phenoxy) is 1. The van der Waals surface area contributed by atoms with E-state index in [9.17, 15) is 9.90 Å². The highest BCUT2D eigenvalue weighted by Crippen LogP contribution is 2.23. The number of hydrogen-bond donors (Lipinski definition) is 3. The van der Waals surface area contributed by atoms with Crippen LogP contribution in [0.15, 0.2) is 42.6 Å². The first-order valence-electron chi connectivity index (χ1n) is 8.82. The quantitative estimate of drug-likeness (QED) is 0.708. The van der Waals surface area contributed by atoms with Crippen LogP contribution in [0, 0.1) is 5.41 Å². The molecule has 3 N–H and O–H groups in total. The molecule has 1 unspecified atom stereocenters. The van der Waals surface area contributed by atoms with Crippen molar-refractivity contribution in [2.24, 2.45) is 5.41 Å². The van der Waals surface area contributed by atoms with E-state index < -0.39 is 11.4 Å². The molecule has 0 amide bonds. The molecule has 138 valence electrons. The summed E-state index contributed by atoms with van der Waals surface area (Å²) in [5.41, 5.74) is 8.57. The summed E-state index contributed by atoms with van der Waals surface area (Å²) in [4.78, 5) is 15.7. The summed E-state index contributed by atoms with van der Waals surface area (Å²) in [5.74, 6) is -0.0553. The van der Waals surface area contributed by atoms with Gasteiger partial charge in [0.05, 0.1) is 23.3 Å². The van der Waals surface area contributed by atoms with Crippen molar-refractivity contribution in [3.63, 3.8) is 0 Å². The highest BCUT2D eigenvalue weighted by Gasteiger charge is 2.27. The molecule has 1 aromatic carbocycles. The van der Waals surface area contributed by atoms with E-state index in [-0.39, 0.29) is 6.04 Å². The molecule has 0 aliphatic carbocycles. The van der Waals surface area contributed by atoms with Crippen molar-refractivity contribution in [3.05, 3.63) is 59.4 Å². The number of hydrogen-bond acceptors (Lipinski definition) is 5. The number of aliphatic carboxylic acids is 1. The van der Waals surface area contributed by atoms with E-state index in [0.717, 1.165) is 35.5 Å². The van der Waals surface area contributed by atoms with Crippen LogP contribution in [0.5, 0.6) is 5.75 Å². The Kier molecular flexibility index (Phi) is 5.54. The van der Waals surface area contributed by atoms with Gasteiger partial charge in [-0.3, -0.25) is 15.2 Å². The minimum Gasteiger partial charge on any atom is -0.487 e. The molecular weight excluding hydrogens is 330 g/mol. The third-order valence-electron chi connectivity index (χ3n) is 4.60. The highest BCUT2D eigenvalue weighted by molar-refractivity contribution is 5.74. The molecule has 6 heteroatoms. The van der Waals surface area contributed by atoms with Crippen molar-refractivity contribution in [3.8, 4) is 5.75 Å². The second-order valence-electron chi connectivity index (χ2n) is 7.30. The van der Waals surface area contributed by atoms with Crippen LogP contribution in [0.1, 0.15) is 43.1 Å². The van der Waals surface area contributed by atoms with Crippen molar-refractivity contribution in [1.29, 1.82) is 0 Å². The molecule has 2 aromatic rings. The van der Waals surface area contributed by atoms with Crippen LogP contribution in [-0.4, -0.2) is 22.6 Å². The first-order valence-corrected chi connectivity index (χ1v) is 8.82. The van der Waals surface area contributed by atoms with Crippen LogP contribution in [-0.2, 0) is 17.8 Å². The Morgan fingerprint density at radius 3 is 2.54 bits per heavy atom. The molecule has 1 fully saturated rings. The SMILES string of the molecule is CC(C)(Cc1ccc(COc2ccc(C3CCNN3)nc2)cc1)C(=O)O. The lowest BCUT2D eigenvalue weighted by atomic mass is 9.86. The van der Waals surface area contributed by atoms with Gasteiger partial charge in [0.1, 0.15) is 12.4 Å². The molecule has 1 aliphatic rings. The molecule has 3 rings (SSSR count). The molecular formula is C20H25N3O3. The average Bonchev–Trinajstić information content (AvgIpc) is 3.16. The Morgan fingerprint density at radius 1 is 1.23 bits per heavy atom. The monoisotopic (exact) mass is 355 g/mol. The fraction of sp³-hybridized carbons (Fsp3) is 0.400. The van der Waals surface area contributed by atoms with Crippen molar-refractivity contribution in [2.45, 2.75) is 39.3 Å². The Morgan fingerprint density at radius 2 is 1.96 bits per heavy atom.